The molecule has 1 aliphatic rings. The van der Waals surface area contributed by atoms with Crippen LogP contribution in [0.3, 0.4) is 0 Å². The van der Waals surface area contributed by atoms with Crippen LogP contribution in [0.1, 0.15) is 25.0 Å². The van der Waals surface area contributed by atoms with Gasteiger partial charge in [-0.15, -0.1) is 5.10 Å². The van der Waals surface area contributed by atoms with Crippen molar-refractivity contribution in [2.75, 3.05) is 12.3 Å². The summed E-state index contributed by atoms with van der Waals surface area (Å²) >= 11 is 3.52. The molecule has 5 heteroatoms. The lowest BCUT2D eigenvalue weighted by Crippen LogP contribution is -2.26. The molecular formula is C9H15N3S2. The zero-order valence-electron chi connectivity index (χ0n) is 8.11. The molecule has 1 unspecified atom stereocenters. The van der Waals surface area contributed by atoms with Crippen molar-refractivity contribution in [2.24, 2.45) is 0 Å². The minimum atomic E-state index is 0.815. The second kappa shape index (κ2) is 5.68. The number of rotatable bonds is 4. The summed E-state index contributed by atoms with van der Waals surface area (Å²) in [5.74, 6) is 1.34. The lowest BCUT2D eigenvalue weighted by atomic mass is 10.2. The van der Waals surface area contributed by atoms with E-state index in [0.29, 0.717) is 0 Å². The molecule has 0 amide bonds. The lowest BCUT2D eigenvalue weighted by molar-refractivity contribution is 0.593. The van der Waals surface area contributed by atoms with Crippen LogP contribution in [-0.2, 0) is 6.54 Å². The van der Waals surface area contributed by atoms with E-state index in [9.17, 15) is 0 Å². The average Bonchev–Trinajstić information content (AvgIpc) is 2.72. The number of hydrogen-bond donors (Lipinski definition) is 1. The maximum Gasteiger partial charge on any atom is 0.0893 e. The largest absolute Gasteiger partial charge is 0.310 e. The van der Waals surface area contributed by atoms with E-state index in [4.69, 9.17) is 0 Å². The quantitative estimate of drug-likeness (QED) is 0.856. The summed E-state index contributed by atoms with van der Waals surface area (Å²) in [5, 5.41) is 10.3. The molecule has 14 heavy (non-hydrogen) atoms. The zero-order chi connectivity index (χ0) is 9.64. The predicted octanol–water partition coefficient (Wildman–Crippen LogP) is 1.91. The van der Waals surface area contributed by atoms with Crippen molar-refractivity contribution in [3.05, 3.63) is 11.1 Å². The molecule has 0 aliphatic carbocycles. The summed E-state index contributed by atoms with van der Waals surface area (Å²) in [6.45, 7) is 1.98. The van der Waals surface area contributed by atoms with Crippen LogP contribution in [0.15, 0.2) is 5.38 Å². The smallest absolute Gasteiger partial charge is 0.0893 e. The van der Waals surface area contributed by atoms with Crippen molar-refractivity contribution in [3.8, 4) is 0 Å². The molecule has 0 saturated carbocycles. The first-order valence-electron chi connectivity index (χ1n) is 5.03. The fourth-order valence-electron chi connectivity index (χ4n) is 1.59. The van der Waals surface area contributed by atoms with Crippen molar-refractivity contribution < 1.29 is 0 Å². The highest BCUT2D eigenvalue weighted by Gasteiger charge is 2.12. The van der Waals surface area contributed by atoms with Gasteiger partial charge in [-0.05, 0) is 30.1 Å². The monoisotopic (exact) mass is 229 g/mol. The van der Waals surface area contributed by atoms with Gasteiger partial charge < -0.3 is 5.32 Å². The van der Waals surface area contributed by atoms with Crippen LogP contribution in [0.2, 0.25) is 0 Å². The van der Waals surface area contributed by atoms with Crippen molar-refractivity contribution in [1.29, 1.82) is 0 Å². The minimum Gasteiger partial charge on any atom is -0.310 e. The van der Waals surface area contributed by atoms with Gasteiger partial charge in [-0.3, -0.25) is 0 Å². The first kappa shape index (κ1) is 10.4. The van der Waals surface area contributed by atoms with E-state index in [-0.39, 0.29) is 0 Å². The van der Waals surface area contributed by atoms with Crippen molar-refractivity contribution in [1.82, 2.24) is 14.9 Å². The Morgan fingerprint density at radius 1 is 1.50 bits per heavy atom. The molecule has 0 bridgehead atoms. The van der Waals surface area contributed by atoms with Crippen LogP contribution in [0, 0.1) is 0 Å². The Morgan fingerprint density at radius 2 is 2.50 bits per heavy atom. The summed E-state index contributed by atoms with van der Waals surface area (Å²) in [7, 11) is 0. The molecule has 1 N–H and O–H groups in total. The van der Waals surface area contributed by atoms with Gasteiger partial charge in [0, 0.05) is 23.7 Å². The highest BCUT2D eigenvalue weighted by atomic mass is 32.2. The molecule has 1 aromatic heterocycles. The Kier molecular flexibility index (Phi) is 4.21. The number of thioether (sulfide) groups is 1. The number of hydrogen-bond acceptors (Lipinski definition) is 5. The molecule has 2 rings (SSSR count). The van der Waals surface area contributed by atoms with Crippen molar-refractivity contribution in [3.63, 3.8) is 0 Å². The summed E-state index contributed by atoms with van der Waals surface area (Å²) in [6.07, 6.45) is 4.17. The van der Waals surface area contributed by atoms with E-state index in [0.717, 1.165) is 24.0 Å². The van der Waals surface area contributed by atoms with Crippen molar-refractivity contribution >= 4 is 23.3 Å². The molecule has 1 aromatic rings. The maximum atomic E-state index is 4.00. The van der Waals surface area contributed by atoms with Crippen LogP contribution in [-0.4, -0.2) is 27.1 Å². The van der Waals surface area contributed by atoms with Gasteiger partial charge in [0.05, 0.1) is 5.69 Å². The van der Waals surface area contributed by atoms with Crippen LogP contribution in [0.5, 0.6) is 0 Å². The molecule has 0 spiro atoms. The summed E-state index contributed by atoms with van der Waals surface area (Å²) in [4.78, 5) is 0. The summed E-state index contributed by atoms with van der Waals surface area (Å²) in [5.41, 5.74) is 1.07. The molecule has 1 atom stereocenters. The zero-order valence-corrected chi connectivity index (χ0v) is 9.74. The number of aromatic nitrogens is 2. The third-order valence-corrected chi connectivity index (χ3v) is 4.31. The molecular weight excluding hydrogens is 214 g/mol. The highest BCUT2D eigenvalue weighted by Crippen LogP contribution is 2.24. The minimum absolute atomic E-state index is 0.815. The molecule has 78 valence electrons. The van der Waals surface area contributed by atoms with Gasteiger partial charge >= 0.3 is 0 Å². The highest BCUT2D eigenvalue weighted by molar-refractivity contribution is 7.99. The van der Waals surface area contributed by atoms with Gasteiger partial charge in [0.15, 0.2) is 0 Å². The molecule has 1 fully saturated rings. The van der Waals surface area contributed by atoms with E-state index >= 15 is 0 Å². The van der Waals surface area contributed by atoms with E-state index in [1.165, 1.54) is 36.5 Å². The average molecular weight is 229 g/mol. The Balaban J connectivity index is 1.62. The fraction of sp³-hybridized carbons (Fsp3) is 0.778. The molecule has 1 saturated heterocycles. The fourth-order valence-corrected chi connectivity index (χ4v) is 3.32. The SMILES string of the molecule is c1snnc1CNCC1CCCCS1. The Labute approximate surface area is 92.8 Å². The Morgan fingerprint density at radius 3 is 3.21 bits per heavy atom. The predicted molar refractivity (Wildman–Crippen MR) is 61.7 cm³/mol. The first-order valence-corrected chi connectivity index (χ1v) is 6.92. The van der Waals surface area contributed by atoms with Gasteiger partial charge in [-0.2, -0.15) is 11.8 Å². The van der Waals surface area contributed by atoms with E-state index in [1.54, 1.807) is 0 Å². The molecule has 2 heterocycles. The van der Waals surface area contributed by atoms with Gasteiger partial charge in [0.25, 0.3) is 0 Å². The van der Waals surface area contributed by atoms with Gasteiger partial charge in [0.1, 0.15) is 0 Å². The van der Waals surface area contributed by atoms with Crippen LogP contribution < -0.4 is 5.32 Å². The molecule has 0 radical (unpaired) electrons. The molecule has 0 aromatic carbocycles. The third kappa shape index (κ3) is 3.22. The van der Waals surface area contributed by atoms with E-state index in [2.05, 4.69) is 26.7 Å². The molecule has 3 nitrogen and oxygen atoms in total. The Hall–Kier alpha value is -0.130. The topological polar surface area (TPSA) is 37.8 Å². The van der Waals surface area contributed by atoms with Crippen LogP contribution in [0.25, 0.3) is 0 Å². The lowest BCUT2D eigenvalue weighted by Gasteiger charge is -2.21. The summed E-state index contributed by atoms with van der Waals surface area (Å²) in [6, 6.07) is 0. The first-order chi connectivity index (χ1) is 6.95. The number of nitrogens with zero attached hydrogens (tertiary/aromatic N) is 2. The van der Waals surface area contributed by atoms with E-state index in [1.807, 2.05) is 5.38 Å². The molecule has 1 aliphatic heterocycles. The van der Waals surface area contributed by atoms with Crippen LogP contribution in [0.4, 0.5) is 0 Å². The van der Waals surface area contributed by atoms with E-state index < -0.39 is 0 Å². The second-order valence-electron chi connectivity index (χ2n) is 3.52. The summed E-state index contributed by atoms with van der Waals surface area (Å²) < 4.78 is 3.83. The van der Waals surface area contributed by atoms with Gasteiger partial charge in [-0.1, -0.05) is 10.9 Å². The number of nitrogens with one attached hydrogen (secondary N) is 1. The third-order valence-electron chi connectivity index (χ3n) is 2.36. The van der Waals surface area contributed by atoms with Gasteiger partial charge in [0.2, 0.25) is 0 Å². The van der Waals surface area contributed by atoms with Crippen LogP contribution >= 0.6 is 23.3 Å². The standard InChI is InChI=1S/C9H15N3S2/c1-2-4-13-9(3-1)6-10-5-8-7-14-12-11-8/h7,9-10H,1-6H2. The Bertz CT molecular complexity index is 245. The van der Waals surface area contributed by atoms with Crippen molar-refractivity contribution in [2.45, 2.75) is 31.1 Å². The maximum absolute atomic E-state index is 4.00. The normalized spacial score (nSPS) is 22.4. The second-order valence-corrected chi connectivity index (χ2v) is 5.53. The van der Waals surface area contributed by atoms with Gasteiger partial charge in [-0.25, -0.2) is 0 Å².